The van der Waals surface area contributed by atoms with Crippen molar-refractivity contribution in [3.63, 3.8) is 0 Å². The minimum absolute atomic E-state index is 0.0921. The van der Waals surface area contributed by atoms with E-state index in [1.54, 1.807) is 18.2 Å². The summed E-state index contributed by atoms with van der Waals surface area (Å²) in [5.41, 5.74) is 0.219. The molecule has 5 nitrogen and oxygen atoms in total. The van der Waals surface area contributed by atoms with Gasteiger partial charge in [0.15, 0.2) is 11.5 Å². The minimum atomic E-state index is -1.25. The summed E-state index contributed by atoms with van der Waals surface area (Å²) >= 11 is 7.10. The maximum atomic E-state index is 11.5. The monoisotopic (exact) mass is 311 g/mol. The molecule has 0 aliphatic carbocycles. The maximum absolute atomic E-state index is 11.5. The number of aromatic carboxylic acids is 1. The average molecular weight is 312 g/mol. The first-order chi connectivity index (χ1) is 9.45. The third-order valence-corrected chi connectivity index (χ3v) is 4.05. The van der Waals surface area contributed by atoms with Gasteiger partial charge in [-0.2, -0.15) is 0 Å². The highest BCUT2D eigenvalue weighted by atomic mass is 35.5. The van der Waals surface area contributed by atoms with E-state index >= 15 is 0 Å². The molecule has 104 valence electrons. The van der Waals surface area contributed by atoms with E-state index < -0.39 is 5.97 Å². The Morgan fingerprint density at radius 3 is 2.60 bits per heavy atom. The van der Waals surface area contributed by atoms with Gasteiger partial charge in [0.2, 0.25) is 0 Å². The lowest BCUT2D eigenvalue weighted by Gasteiger charge is -2.07. The topological polar surface area (TPSA) is 76.5 Å². The number of ether oxygens (including phenoxy) is 1. The number of benzene rings is 1. The normalized spacial score (nSPS) is 10.3. The Morgan fingerprint density at radius 1 is 1.40 bits per heavy atom. The molecule has 1 aromatic heterocycles. The van der Waals surface area contributed by atoms with Crippen LogP contribution in [0.4, 0.5) is 0 Å². The van der Waals surface area contributed by atoms with Crippen molar-refractivity contribution in [2.24, 2.45) is 0 Å². The van der Waals surface area contributed by atoms with Gasteiger partial charge < -0.3 is 9.84 Å². The standard InChI is InChI=1S/C13H10ClNO4S/c1-6(16)11-10(13(17)18)15-12(20-11)9-7(14)4-3-5-8(9)19-2/h3-5H,1-2H3,(H,17,18). The van der Waals surface area contributed by atoms with Crippen LogP contribution in [-0.2, 0) is 0 Å². The molecule has 0 unspecified atom stereocenters. The zero-order valence-corrected chi connectivity index (χ0v) is 12.2. The molecule has 0 aliphatic heterocycles. The SMILES string of the molecule is COc1cccc(Cl)c1-c1nc(C(=O)O)c(C(C)=O)s1. The lowest BCUT2D eigenvalue weighted by molar-refractivity contribution is 0.0687. The van der Waals surface area contributed by atoms with Crippen molar-refractivity contribution in [3.8, 4) is 16.3 Å². The molecule has 0 fully saturated rings. The van der Waals surface area contributed by atoms with E-state index in [-0.39, 0.29) is 16.4 Å². The predicted molar refractivity (Wildman–Crippen MR) is 76.1 cm³/mol. The fourth-order valence-electron chi connectivity index (χ4n) is 1.69. The zero-order chi connectivity index (χ0) is 14.9. The van der Waals surface area contributed by atoms with Gasteiger partial charge >= 0.3 is 5.97 Å². The lowest BCUT2D eigenvalue weighted by atomic mass is 10.2. The molecule has 7 heteroatoms. The summed E-state index contributed by atoms with van der Waals surface area (Å²) in [4.78, 5) is 26.7. The summed E-state index contributed by atoms with van der Waals surface area (Å²) in [6.45, 7) is 1.30. The predicted octanol–water partition coefficient (Wildman–Crippen LogP) is 3.37. The number of aromatic nitrogens is 1. The second-order valence-electron chi connectivity index (χ2n) is 3.88. The summed E-state index contributed by atoms with van der Waals surface area (Å²) in [5, 5.41) is 9.82. The van der Waals surface area contributed by atoms with Crippen LogP contribution in [-0.4, -0.2) is 29.0 Å². The Kier molecular flexibility index (Phi) is 4.06. The molecule has 20 heavy (non-hydrogen) atoms. The van der Waals surface area contributed by atoms with Gasteiger partial charge in [-0.1, -0.05) is 17.7 Å². The molecule has 0 radical (unpaired) electrons. The fraction of sp³-hybridized carbons (Fsp3) is 0.154. The van der Waals surface area contributed by atoms with Crippen molar-refractivity contribution in [1.82, 2.24) is 4.98 Å². The van der Waals surface area contributed by atoms with Crippen molar-refractivity contribution in [2.45, 2.75) is 6.92 Å². The third-order valence-electron chi connectivity index (χ3n) is 2.56. The first-order valence-corrected chi connectivity index (χ1v) is 6.73. The highest BCUT2D eigenvalue weighted by Crippen LogP contribution is 2.39. The molecule has 1 N–H and O–H groups in total. The number of thiazole rings is 1. The largest absolute Gasteiger partial charge is 0.496 e. The number of Topliss-reactive ketones (excluding diaryl/α,β-unsaturated/α-hetero) is 1. The first-order valence-electron chi connectivity index (χ1n) is 5.53. The van der Waals surface area contributed by atoms with Crippen molar-refractivity contribution in [2.75, 3.05) is 7.11 Å². The number of carboxylic acids is 1. The van der Waals surface area contributed by atoms with Gasteiger partial charge in [0, 0.05) is 6.92 Å². The van der Waals surface area contributed by atoms with Crippen LogP contribution >= 0.6 is 22.9 Å². The maximum Gasteiger partial charge on any atom is 0.356 e. The second kappa shape index (κ2) is 5.60. The van der Waals surface area contributed by atoms with Crippen LogP contribution in [0.3, 0.4) is 0 Å². The van der Waals surface area contributed by atoms with Crippen LogP contribution in [0.5, 0.6) is 5.75 Å². The number of carbonyl (C=O) groups excluding carboxylic acids is 1. The molecule has 0 atom stereocenters. The Bertz CT molecular complexity index is 664. The molecule has 2 rings (SSSR count). The average Bonchev–Trinajstić information content (AvgIpc) is 2.83. The number of halogens is 1. The number of hydrogen-bond donors (Lipinski definition) is 1. The number of methoxy groups -OCH3 is 1. The van der Waals surface area contributed by atoms with Gasteiger partial charge in [-0.05, 0) is 12.1 Å². The number of carboxylic acid groups (broad SMARTS) is 1. The van der Waals surface area contributed by atoms with Crippen molar-refractivity contribution in [1.29, 1.82) is 0 Å². The van der Waals surface area contributed by atoms with Crippen LogP contribution in [0, 0.1) is 0 Å². The fourth-order valence-corrected chi connectivity index (χ4v) is 3.02. The van der Waals surface area contributed by atoms with E-state index in [2.05, 4.69) is 4.98 Å². The molecule has 2 aromatic rings. The summed E-state index contributed by atoms with van der Waals surface area (Å²) in [5.74, 6) is -1.13. The number of nitrogens with zero attached hydrogens (tertiary/aromatic N) is 1. The van der Waals surface area contributed by atoms with Gasteiger partial charge in [0.25, 0.3) is 0 Å². The first kappa shape index (κ1) is 14.5. The summed E-state index contributed by atoms with van der Waals surface area (Å²) in [6.07, 6.45) is 0. The molecule has 0 bridgehead atoms. The quantitative estimate of drug-likeness (QED) is 0.876. The van der Waals surface area contributed by atoms with Crippen LogP contribution in [0.15, 0.2) is 18.2 Å². The van der Waals surface area contributed by atoms with E-state index in [1.807, 2.05) is 0 Å². The van der Waals surface area contributed by atoms with Gasteiger partial charge in [-0.3, -0.25) is 4.79 Å². The third kappa shape index (κ3) is 2.52. The van der Waals surface area contributed by atoms with E-state index in [0.29, 0.717) is 21.3 Å². The van der Waals surface area contributed by atoms with Crippen molar-refractivity contribution in [3.05, 3.63) is 33.8 Å². The molecule has 0 saturated carbocycles. The number of hydrogen-bond acceptors (Lipinski definition) is 5. The van der Waals surface area contributed by atoms with E-state index in [0.717, 1.165) is 11.3 Å². The Hall–Kier alpha value is -1.92. The summed E-state index contributed by atoms with van der Waals surface area (Å²) in [6, 6.07) is 5.05. The van der Waals surface area contributed by atoms with Gasteiger partial charge in [0.1, 0.15) is 15.6 Å². The molecule has 0 spiro atoms. The van der Waals surface area contributed by atoms with E-state index in [1.165, 1.54) is 14.0 Å². The van der Waals surface area contributed by atoms with Crippen molar-refractivity contribution < 1.29 is 19.4 Å². The number of rotatable bonds is 4. The van der Waals surface area contributed by atoms with Gasteiger partial charge in [-0.25, -0.2) is 9.78 Å². The highest BCUT2D eigenvalue weighted by molar-refractivity contribution is 7.17. The van der Waals surface area contributed by atoms with E-state index in [4.69, 9.17) is 21.4 Å². The Labute approximate surface area is 123 Å². The minimum Gasteiger partial charge on any atom is -0.496 e. The number of ketones is 1. The summed E-state index contributed by atoms with van der Waals surface area (Å²) < 4.78 is 5.20. The molecule has 0 aliphatic rings. The van der Waals surface area contributed by atoms with Gasteiger partial charge in [0.05, 0.1) is 17.7 Å². The van der Waals surface area contributed by atoms with Crippen molar-refractivity contribution >= 4 is 34.7 Å². The molecule has 1 aromatic carbocycles. The smallest absolute Gasteiger partial charge is 0.356 e. The second-order valence-corrected chi connectivity index (χ2v) is 5.28. The Morgan fingerprint density at radius 2 is 2.10 bits per heavy atom. The molecular weight excluding hydrogens is 302 g/mol. The van der Waals surface area contributed by atoms with Crippen LogP contribution in [0.2, 0.25) is 5.02 Å². The molecule has 1 heterocycles. The molecule has 0 amide bonds. The van der Waals surface area contributed by atoms with Crippen LogP contribution < -0.4 is 4.74 Å². The molecular formula is C13H10ClNO4S. The van der Waals surface area contributed by atoms with E-state index in [9.17, 15) is 9.59 Å². The summed E-state index contributed by atoms with van der Waals surface area (Å²) in [7, 11) is 1.48. The Balaban J connectivity index is 2.68. The number of carbonyl (C=O) groups is 2. The van der Waals surface area contributed by atoms with Crippen LogP contribution in [0.1, 0.15) is 27.1 Å². The zero-order valence-electron chi connectivity index (χ0n) is 10.6. The highest BCUT2D eigenvalue weighted by Gasteiger charge is 2.23. The molecule has 0 saturated heterocycles. The van der Waals surface area contributed by atoms with Crippen LogP contribution in [0.25, 0.3) is 10.6 Å². The lowest BCUT2D eigenvalue weighted by Crippen LogP contribution is -2.03. The van der Waals surface area contributed by atoms with Gasteiger partial charge in [-0.15, -0.1) is 11.3 Å².